The van der Waals surface area contributed by atoms with Crippen LogP contribution in [0.15, 0.2) is 30.3 Å². The molecule has 1 aliphatic rings. The van der Waals surface area contributed by atoms with Gasteiger partial charge in [0.2, 0.25) is 5.91 Å². The number of nitrogens with zero attached hydrogens (tertiary/aromatic N) is 2. The molecule has 112 valence electrons. The molecule has 0 saturated carbocycles. The molecule has 1 saturated heterocycles. The number of aliphatic hydroxyl groups is 1. The van der Waals surface area contributed by atoms with Crippen LogP contribution in [-0.4, -0.2) is 66.7 Å². The molecule has 1 aromatic carbocycles. The van der Waals surface area contributed by atoms with Crippen LogP contribution in [0.25, 0.3) is 0 Å². The molecule has 0 aliphatic carbocycles. The molecule has 0 bridgehead atoms. The number of carbonyl (C=O) groups is 1. The average Bonchev–Trinajstić information content (AvgIpc) is 2.42. The first-order valence-electron chi connectivity index (χ1n) is 6.68. The van der Waals surface area contributed by atoms with Crippen molar-refractivity contribution in [3.8, 4) is 0 Å². The summed E-state index contributed by atoms with van der Waals surface area (Å²) in [5.41, 5.74) is 0.839. The van der Waals surface area contributed by atoms with Crippen molar-refractivity contribution in [2.75, 3.05) is 51.2 Å². The third kappa shape index (κ3) is 5.46. The van der Waals surface area contributed by atoms with Gasteiger partial charge in [-0.3, -0.25) is 14.6 Å². The number of hydrogen-bond donors (Lipinski definition) is 2. The number of carbonyl (C=O) groups excluding carboxylic acids is 1. The minimum absolute atomic E-state index is 0. The van der Waals surface area contributed by atoms with Gasteiger partial charge in [-0.05, 0) is 12.1 Å². The lowest BCUT2D eigenvalue weighted by atomic mass is 10.3. The number of β-amino-alcohol motifs (C(OH)–C–C–N with tert-alkyl or cyclic N) is 1. The van der Waals surface area contributed by atoms with Gasteiger partial charge in [0.05, 0.1) is 13.2 Å². The van der Waals surface area contributed by atoms with Crippen LogP contribution in [0.3, 0.4) is 0 Å². The SMILES string of the molecule is Cl.O=C(CN1CCN(CCO)CC1)Nc1ccccc1. The highest BCUT2D eigenvalue weighted by atomic mass is 35.5. The Morgan fingerprint density at radius 3 is 2.30 bits per heavy atom. The van der Waals surface area contributed by atoms with Crippen LogP contribution >= 0.6 is 12.4 Å². The number of para-hydroxylation sites is 1. The minimum Gasteiger partial charge on any atom is -0.395 e. The van der Waals surface area contributed by atoms with Crippen molar-refractivity contribution in [1.29, 1.82) is 0 Å². The normalized spacial score (nSPS) is 16.4. The second-order valence-electron chi connectivity index (χ2n) is 4.76. The van der Waals surface area contributed by atoms with Crippen LogP contribution in [0.5, 0.6) is 0 Å². The zero-order valence-corrected chi connectivity index (χ0v) is 12.3. The Morgan fingerprint density at radius 1 is 1.10 bits per heavy atom. The fourth-order valence-electron chi connectivity index (χ4n) is 2.24. The second kappa shape index (κ2) is 8.92. The number of halogens is 1. The number of benzene rings is 1. The van der Waals surface area contributed by atoms with E-state index >= 15 is 0 Å². The summed E-state index contributed by atoms with van der Waals surface area (Å²) in [5.74, 6) is 0.0295. The van der Waals surface area contributed by atoms with Crippen LogP contribution in [0.4, 0.5) is 5.69 Å². The molecular weight excluding hydrogens is 278 g/mol. The third-order valence-electron chi connectivity index (χ3n) is 3.31. The molecule has 0 atom stereocenters. The second-order valence-corrected chi connectivity index (χ2v) is 4.76. The molecule has 1 amide bonds. The van der Waals surface area contributed by atoms with Gasteiger partial charge in [-0.1, -0.05) is 18.2 Å². The first-order valence-corrected chi connectivity index (χ1v) is 6.68. The molecule has 2 rings (SSSR count). The zero-order valence-electron chi connectivity index (χ0n) is 11.5. The molecule has 1 fully saturated rings. The third-order valence-corrected chi connectivity index (χ3v) is 3.31. The quantitative estimate of drug-likeness (QED) is 0.838. The fourth-order valence-corrected chi connectivity index (χ4v) is 2.24. The number of aliphatic hydroxyl groups excluding tert-OH is 1. The molecule has 0 spiro atoms. The number of rotatable bonds is 5. The Kier molecular flexibility index (Phi) is 7.54. The highest BCUT2D eigenvalue weighted by Gasteiger charge is 2.18. The van der Waals surface area contributed by atoms with Gasteiger partial charge in [0.15, 0.2) is 0 Å². The Balaban J connectivity index is 0.00000200. The average molecular weight is 300 g/mol. The maximum absolute atomic E-state index is 11.9. The Morgan fingerprint density at radius 2 is 1.70 bits per heavy atom. The summed E-state index contributed by atoms with van der Waals surface area (Å²) in [6, 6.07) is 9.51. The van der Waals surface area contributed by atoms with E-state index in [1.165, 1.54) is 0 Å². The number of hydrogen-bond acceptors (Lipinski definition) is 4. The van der Waals surface area contributed by atoms with E-state index < -0.39 is 0 Å². The van der Waals surface area contributed by atoms with E-state index in [1.807, 2.05) is 30.3 Å². The van der Waals surface area contributed by atoms with Crippen molar-refractivity contribution >= 4 is 24.0 Å². The van der Waals surface area contributed by atoms with Gasteiger partial charge in [0.25, 0.3) is 0 Å². The summed E-state index contributed by atoms with van der Waals surface area (Å²) in [6.45, 7) is 4.95. The summed E-state index contributed by atoms with van der Waals surface area (Å²) < 4.78 is 0. The van der Waals surface area contributed by atoms with E-state index in [-0.39, 0.29) is 24.9 Å². The van der Waals surface area contributed by atoms with Crippen molar-refractivity contribution in [3.05, 3.63) is 30.3 Å². The van der Waals surface area contributed by atoms with Crippen molar-refractivity contribution in [2.24, 2.45) is 0 Å². The molecule has 0 aromatic heterocycles. The maximum atomic E-state index is 11.9. The number of amides is 1. The zero-order chi connectivity index (χ0) is 13.5. The van der Waals surface area contributed by atoms with E-state index in [9.17, 15) is 4.79 Å². The Hall–Kier alpha value is -1.14. The van der Waals surface area contributed by atoms with Gasteiger partial charge in [-0.25, -0.2) is 0 Å². The van der Waals surface area contributed by atoms with Crippen LogP contribution in [-0.2, 0) is 4.79 Å². The van der Waals surface area contributed by atoms with Gasteiger partial charge in [-0.2, -0.15) is 0 Å². The maximum Gasteiger partial charge on any atom is 0.238 e. The predicted molar refractivity (Wildman–Crippen MR) is 82.3 cm³/mol. The van der Waals surface area contributed by atoms with E-state index in [0.717, 1.165) is 38.4 Å². The number of piperazine rings is 1. The Bertz CT molecular complexity index is 395. The van der Waals surface area contributed by atoms with Gasteiger partial charge in [0.1, 0.15) is 0 Å². The van der Waals surface area contributed by atoms with Gasteiger partial charge in [0, 0.05) is 38.4 Å². The molecule has 0 unspecified atom stereocenters. The van der Waals surface area contributed by atoms with Gasteiger partial charge in [-0.15, -0.1) is 12.4 Å². The number of anilines is 1. The van der Waals surface area contributed by atoms with Crippen LogP contribution < -0.4 is 5.32 Å². The van der Waals surface area contributed by atoms with E-state index in [2.05, 4.69) is 15.1 Å². The number of nitrogens with one attached hydrogen (secondary N) is 1. The van der Waals surface area contributed by atoms with Crippen LogP contribution in [0.1, 0.15) is 0 Å². The lowest BCUT2D eigenvalue weighted by Gasteiger charge is -2.33. The lowest BCUT2D eigenvalue weighted by Crippen LogP contribution is -2.49. The van der Waals surface area contributed by atoms with Gasteiger partial charge < -0.3 is 10.4 Å². The monoisotopic (exact) mass is 299 g/mol. The first-order chi connectivity index (χ1) is 9.28. The predicted octanol–water partition coefficient (Wildman–Crippen LogP) is 0.657. The summed E-state index contributed by atoms with van der Waals surface area (Å²) in [5, 5.41) is 11.8. The molecule has 20 heavy (non-hydrogen) atoms. The first kappa shape index (κ1) is 16.9. The molecule has 1 heterocycles. The van der Waals surface area contributed by atoms with Gasteiger partial charge >= 0.3 is 0 Å². The summed E-state index contributed by atoms with van der Waals surface area (Å²) in [7, 11) is 0. The summed E-state index contributed by atoms with van der Waals surface area (Å²) in [4.78, 5) is 16.2. The topological polar surface area (TPSA) is 55.8 Å². The standard InChI is InChI=1S/C14H21N3O2.ClH/c18-11-10-16-6-8-17(9-7-16)12-14(19)15-13-4-2-1-3-5-13;/h1-5,18H,6-12H2,(H,15,19);1H. The lowest BCUT2D eigenvalue weighted by molar-refractivity contribution is -0.117. The highest BCUT2D eigenvalue weighted by Crippen LogP contribution is 2.06. The Labute approximate surface area is 126 Å². The molecule has 1 aromatic rings. The summed E-state index contributed by atoms with van der Waals surface area (Å²) in [6.07, 6.45) is 0. The van der Waals surface area contributed by atoms with E-state index in [4.69, 9.17) is 5.11 Å². The van der Waals surface area contributed by atoms with Crippen LogP contribution in [0.2, 0.25) is 0 Å². The largest absolute Gasteiger partial charge is 0.395 e. The van der Waals surface area contributed by atoms with Crippen molar-refractivity contribution in [1.82, 2.24) is 9.80 Å². The fraction of sp³-hybridized carbons (Fsp3) is 0.500. The molecule has 5 nitrogen and oxygen atoms in total. The molecule has 6 heteroatoms. The van der Waals surface area contributed by atoms with E-state index in [1.54, 1.807) is 0 Å². The van der Waals surface area contributed by atoms with Crippen LogP contribution in [0, 0.1) is 0 Å². The van der Waals surface area contributed by atoms with Crippen molar-refractivity contribution < 1.29 is 9.90 Å². The molecule has 2 N–H and O–H groups in total. The smallest absolute Gasteiger partial charge is 0.238 e. The molecule has 0 radical (unpaired) electrons. The minimum atomic E-state index is 0. The van der Waals surface area contributed by atoms with Crippen molar-refractivity contribution in [2.45, 2.75) is 0 Å². The van der Waals surface area contributed by atoms with E-state index in [0.29, 0.717) is 6.54 Å². The summed E-state index contributed by atoms with van der Waals surface area (Å²) >= 11 is 0. The molecular formula is C14H22ClN3O2. The molecule has 1 aliphatic heterocycles. The van der Waals surface area contributed by atoms with Crippen molar-refractivity contribution in [3.63, 3.8) is 0 Å². The highest BCUT2D eigenvalue weighted by molar-refractivity contribution is 5.92.